The van der Waals surface area contributed by atoms with Crippen LogP contribution >= 0.6 is 11.8 Å². The highest BCUT2D eigenvalue weighted by Crippen LogP contribution is 2.31. The minimum atomic E-state index is 0.627. The second-order valence-electron chi connectivity index (χ2n) is 4.85. The molecule has 1 aromatic carbocycles. The van der Waals surface area contributed by atoms with Crippen molar-refractivity contribution in [2.45, 2.75) is 11.8 Å². The number of rotatable bonds is 3. The van der Waals surface area contributed by atoms with E-state index < -0.39 is 0 Å². The Morgan fingerprint density at radius 3 is 3.00 bits per heavy atom. The number of hydrogen-bond donors (Lipinski definition) is 0. The van der Waals surface area contributed by atoms with E-state index in [1.54, 1.807) is 18.0 Å². The second-order valence-corrected chi connectivity index (χ2v) is 5.87. The first-order chi connectivity index (χ1) is 10.2. The molecule has 0 saturated carbocycles. The van der Waals surface area contributed by atoms with Crippen LogP contribution in [0.2, 0.25) is 0 Å². The van der Waals surface area contributed by atoms with Crippen molar-refractivity contribution >= 4 is 22.8 Å². The molecule has 0 spiro atoms. The number of nitrogens with zero attached hydrogens (tertiary/aromatic N) is 3. The molecule has 0 atom stereocenters. The highest BCUT2D eigenvalue weighted by atomic mass is 32.2. The van der Waals surface area contributed by atoms with Gasteiger partial charge in [0.1, 0.15) is 5.82 Å². The van der Waals surface area contributed by atoms with Crippen molar-refractivity contribution in [3.05, 3.63) is 42.2 Å². The van der Waals surface area contributed by atoms with Crippen LogP contribution in [0.5, 0.6) is 0 Å². The predicted molar refractivity (Wildman–Crippen MR) is 88.2 cm³/mol. The third kappa shape index (κ3) is 2.53. The average molecular weight is 293 g/mol. The maximum Gasteiger partial charge on any atom is 0.142 e. The smallest absolute Gasteiger partial charge is 0.142 e. The van der Waals surface area contributed by atoms with Crippen LogP contribution in [0.3, 0.4) is 0 Å². The molecule has 0 fully saturated rings. The number of thioether (sulfide) groups is 1. The van der Waals surface area contributed by atoms with E-state index in [0.717, 1.165) is 27.3 Å². The molecule has 0 bridgehead atoms. The summed E-state index contributed by atoms with van der Waals surface area (Å²) in [6.45, 7) is 2.08. The summed E-state index contributed by atoms with van der Waals surface area (Å²) in [7, 11) is 2.04. The molecule has 104 valence electrons. The fourth-order valence-electron chi connectivity index (χ4n) is 2.35. The Hall–Kier alpha value is -2.25. The van der Waals surface area contributed by atoms with Gasteiger partial charge in [-0.1, -0.05) is 12.0 Å². The number of aromatic nitrogens is 3. The normalized spacial score (nSPS) is 10.7. The van der Waals surface area contributed by atoms with Crippen molar-refractivity contribution in [1.29, 1.82) is 0 Å². The molecule has 0 aliphatic heterocycles. The lowest BCUT2D eigenvalue weighted by atomic mass is 10.2. The van der Waals surface area contributed by atoms with Gasteiger partial charge in [0.15, 0.2) is 0 Å². The number of benzene rings is 1. The summed E-state index contributed by atoms with van der Waals surface area (Å²) < 4.78 is 2.12. The summed E-state index contributed by atoms with van der Waals surface area (Å²) in [6.07, 6.45) is 9.00. The van der Waals surface area contributed by atoms with Gasteiger partial charge in [0.05, 0.1) is 16.8 Å². The van der Waals surface area contributed by atoms with Crippen LogP contribution in [0, 0.1) is 19.3 Å². The van der Waals surface area contributed by atoms with Gasteiger partial charge in [-0.2, -0.15) is 0 Å². The van der Waals surface area contributed by atoms with E-state index in [1.807, 2.05) is 19.3 Å². The van der Waals surface area contributed by atoms with Gasteiger partial charge in [-0.25, -0.2) is 4.98 Å². The van der Waals surface area contributed by atoms with E-state index in [4.69, 9.17) is 11.4 Å². The molecule has 0 radical (unpaired) electrons. The molecular weight excluding hydrogens is 278 g/mol. The molecule has 0 aliphatic carbocycles. The summed E-state index contributed by atoms with van der Waals surface area (Å²) in [5, 5.41) is 0. The molecule has 3 nitrogen and oxygen atoms in total. The number of fused-ring (bicyclic) bond motifs is 1. The molecule has 0 N–H and O–H groups in total. The number of hydrogen-bond acceptors (Lipinski definition) is 3. The van der Waals surface area contributed by atoms with Crippen molar-refractivity contribution in [3.63, 3.8) is 0 Å². The van der Waals surface area contributed by atoms with Crippen molar-refractivity contribution in [3.8, 4) is 23.7 Å². The van der Waals surface area contributed by atoms with Crippen LogP contribution in [0.15, 0.2) is 41.6 Å². The van der Waals surface area contributed by atoms with Gasteiger partial charge >= 0.3 is 0 Å². The van der Waals surface area contributed by atoms with E-state index in [9.17, 15) is 0 Å². The molecule has 4 heteroatoms. The maximum atomic E-state index is 5.36. The molecule has 3 rings (SSSR count). The number of pyridine rings is 1. The summed E-state index contributed by atoms with van der Waals surface area (Å²) in [5.74, 6) is 4.22. The highest BCUT2D eigenvalue weighted by Gasteiger charge is 2.13. The van der Waals surface area contributed by atoms with E-state index >= 15 is 0 Å². The lowest BCUT2D eigenvalue weighted by molar-refractivity contribution is 0.953. The van der Waals surface area contributed by atoms with Crippen LogP contribution in [0.25, 0.3) is 22.4 Å². The number of aryl methyl sites for hydroxylation is 2. The van der Waals surface area contributed by atoms with Crippen molar-refractivity contribution in [2.24, 2.45) is 7.05 Å². The molecule has 2 aromatic heterocycles. The molecule has 2 heterocycles. The number of imidazole rings is 1. The minimum absolute atomic E-state index is 0.627. The summed E-state index contributed by atoms with van der Waals surface area (Å²) in [6, 6.07) is 8.31. The van der Waals surface area contributed by atoms with E-state index in [-0.39, 0.29) is 0 Å². The third-order valence-electron chi connectivity index (χ3n) is 3.37. The Morgan fingerprint density at radius 2 is 2.19 bits per heavy atom. The summed E-state index contributed by atoms with van der Waals surface area (Å²) >= 11 is 1.61. The topological polar surface area (TPSA) is 30.7 Å². The van der Waals surface area contributed by atoms with Gasteiger partial charge in [-0.05, 0) is 30.7 Å². The van der Waals surface area contributed by atoms with Gasteiger partial charge in [-0.3, -0.25) is 4.98 Å². The molecule has 0 unspecified atom stereocenters. The highest BCUT2D eigenvalue weighted by molar-refractivity contribution is 7.99. The zero-order valence-corrected chi connectivity index (χ0v) is 12.8. The lowest BCUT2D eigenvalue weighted by Gasteiger charge is -2.07. The van der Waals surface area contributed by atoms with Gasteiger partial charge in [-0.15, -0.1) is 18.2 Å². The Labute approximate surface area is 128 Å². The van der Waals surface area contributed by atoms with Crippen LogP contribution in [0.1, 0.15) is 5.56 Å². The molecule has 0 aliphatic rings. The fourth-order valence-corrected chi connectivity index (χ4v) is 3.04. The van der Waals surface area contributed by atoms with Crippen molar-refractivity contribution in [1.82, 2.24) is 14.5 Å². The van der Waals surface area contributed by atoms with E-state index in [0.29, 0.717) is 5.75 Å². The Bertz CT molecular complexity index is 843. The zero-order valence-electron chi connectivity index (χ0n) is 12.0. The number of terminal acetylenes is 1. The maximum absolute atomic E-state index is 5.36. The molecular formula is C17H15N3S. The quantitative estimate of drug-likeness (QED) is 0.545. The minimum Gasteiger partial charge on any atom is -0.327 e. The summed E-state index contributed by atoms with van der Waals surface area (Å²) in [4.78, 5) is 10.0. The van der Waals surface area contributed by atoms with Gasteiger partial charge < -0.3 is 4.57 Å². The first-order valence-corrected chi connectivity index (χ1v) is 7.63. The van der Waals surface area contributed by atoms with Crippen LogP contribution < -0.4 is 0 Å². The van der Waals surface area contributed by atoms with Gasteiger partial charge in [0, 0.05) is 29.9 Å². The van der Waals surface area contributed by atoms with Crippen LogP contribution in [-0.4, -0.2) is 20.3 Å². The standard InChI is InChI=1S/C17H15N3S/c1-4-9-21-16-11-18-8-7-13(16)17-19-14-10-12(2)5-6-15(14)20(17)3/h1,5-8,10-11H,9H2,2-3H3. The predicted octanol–water partition coefficient (Wildman–Crippen LogP) is 3.67. The average Bonchev–Trinajstić information content (AvgIpc) is 2.81. The molecule has 21 heavy (non-hydrogen) atoms. The fraction of sp³-hybridized carbons (Fsp3) is 0.176. The zero-order chi connectivity index (χ0) is 14.8. The van der Waals surface area contributed by atoms with E-state index in [1.165, 1.54) is 5.56 Å². The lowest BCUT2D eigenvalue weighted by Crippen LogP contribution is -1.94. The third-order valence-corrected chi connectivity index (χ3v) is 4.32. The largest absolute Gasteiger partial charge is 0.327 e. The van der Waals surface area contributed by atoms with Gasteiger partial charge in [0.25, 0.3) is 0 Å². The van der Waals surface area contributed by atoms with E-state index in [2.05, 4.69) is 40.6 Å². The molecule has 0 amide bonds. The van der Waals surface area contributed by atoms with Crippen LogP contribution in [0.4, 0.5) is 0 Å². The molecule has 0 saturated heterocycles. The van der Waals surface area contributed by atoms with Crippen molar-refractivity contribution < 1.29 is 0 Å². The van der Waals surface area contributed by atoms with Crippen molar-refractivity contribution in [2.75, 3.05) is 5.75 Å². The monoisotopic (exact) mass is 293 g/mol. The Kier molecular flexibility index (Phi) is 3.68. The molecule has 3 aromatic rings. The first-order valence-electron chi connectivity index (χ1n) is 6.64. The Balaban J connectivity index is 2.17. The Morgan fingerprint density at radius 1 is 1.33 bits per heavy atom. The SMILES string of the molecule is C#CCSc1cnccc1-c1nc2cc(C)ccc2n1C. The summed E-state index contributed by atoms with van der Waals surface area (Å²) in [5.41, 5.74) is 4.42. The van der Waals surface area contributed by atoms with Gasteiger partial charge in [0.2, 0.25) is 0 Å². The van der Waals surface area contributed by atoms with Crippen LogP contribution in [-0.2, 0) is 7.05 Å². The first kappa shape index (κ1) is 13.7. The second kappa shape index (κ2) is 5.63.